The van der Waals surface area contributed by atoms with Crippen LogP contribution in [0.1, 0.15) is 50.8 Å². The minimum atomic E-state index is -4.61. The van der Waals surface area contributed by atoms with Gasteiger partial charge in [0, 0.05) is 13.6 Å². The molecule has 0 fully saturated rings. The molecule has 0 spiro atoms. The standard InChI is InChI=1S/C26H34F3N5O4S/c1-6-25(15-38-21(35)24(2,3)4,17-10-8-11-18(13-17)26(27,28)29)33-23(37)34-39-19-12-7-9-16(20(19)30)14-32-22(36)31-5/h7-13H,6,14-15,30H2,1-5H3,(H2,31,32,36)(H2,33,34,37). The molecule has 39 heavy (non-hydrogen) atoms. The Labute approximate surface area is 229 Å². The number of nitrogens with two attached hydrogens (primary N) is 1. The second-order valence-corrected chi connectivity index (χ2v) is 10.6. The van der Waals surface area contributed by atoms with Gasteiger partial charge in [-0.3, -0.25) is 9.52 Å². The maximum Gasteiger partial charge on any atom is 0.416 e. The van der Waals surface area contributed by atoms with Gasteiger partial charge in [0.05, 0.1) is 21.6 Å². The van der Waals surface area contributed by atoms with Crippen molar-refractivity contribution in [3.05, 3.63) is 59.2 Å². The van der Waals surface area contributed by atoms with Crippen molar-refractivity contribution in [2.24, 2.45) is 5.41 Å². The van der Waals surface area contributed by atoms with Crippen molar-refractivity contribution in [2.75, 3.05) is 19.4 Å². The van der Waals surface area contributed by atoms with E-state index in [9.17, 15) is 27.6 Å². The zero-order chi connectivity index (χ0) is 29.4. The van der Waals surface area contributed by atoms with Gasteiger partial charge >= 0.3 is 24.2 Å². The molecule has 0 aliphatic heterocycles. The summed E-state index contributed by atoms with van der Waals surface area (Å²) in [5.74, 6) is -0.571. The summed E-state index contributed by atoms with van der Waals surface area (Å²) in [6, 6.07) is 8.49. The monoisotopic (exact) mass is 569 g/mol. The number of anilines is 1. The third-order valence-electron chi connectivity index (χ3n) is 5.84. The molecule has 0 bridgehead atoms. The molecule has 9 nitrogen and oxygen atoms in total. The number of benzene rings is 2. The van der Waals surface area contributed by atoms with Crippen LogP contribution in [0.15, 0.2) is 47.4 Å². The number of urea groups is 2. The quantitative estimate of drug-likeness (QED) is 0.165. The Kier molecular flexibility index (Phi) is 10.5. The summed E-state index contributed by atoms with van der Waals surface area (Å²) >= 11 is 0.889. The first kappa shape index (κ1) is 31.6. The molecule has 13 heteroatoms. The summed E-state index contributed by atoms with van der Waals surface area (Å²) in [5.41, 5.74) is 4.05. The van der Waals surface area contributed by atoms with Crippen LogP contribution in [0.2, 0.25) is 0 Å². The highest BCUT2D eigenvalue weighted by atomic mass is 32.2. The van der Waals surface area contributed by atoms with Gasteiger partial charge in [0.25, 0.3) is 0 Å². The summed E-state index contributed by atoms with van der Waals surface area (Å²) < 4.78 is 48.4. The van der Waals surface area contributed by atoms with Crippen LogP contribution in [0.5, 0.6) is 0 Å². The average Bonchev–Trinajstić information content (AvgIpc) is 2.88. The molecule has 2 aromatic rings. The Morgan fingerprint density at radius 3 is 2.23 bits per heavy atom. The fourth-order valence-corrected chi connectivity index (χ4v) is 4.07. The molecule has 0 aromatic heterocycles. The van der Waals surface area contributed by atoms with Crippen LogP contribution in [0.3, 0.4) is 0 Å². The van der Waals surface area contributed by atoms with Gasteiger partial charge in [-0.1, -0.05) is 31.2 Å². The van der Waals surface area contributed by atoms with Crippen LogP contribution < -0.4 is 26.4 Å². The van der Waals surface area contributed by atoms with E-state index < -0.39 is 34.7 Å². The summed E-state index contributed by atoms with van der Waals surface area (Å²) in [6.07, 6.45) is -4.49. The van der Waals surface area contributed by atoms with E-state index in [0.717, 1.165) is 24.1 Å². The van der Waals surface area contributed by atoms with E-state index in [1.54, 1.807) is 45.9 Å². The molecule has 1 unspecified atom stereocenters. The number of alkyl halides is 3. The van der Waals surface area contributed by atoms with Crippen molar-refractivity contribution in [3.63, 3.8) is 0 Å². The predicted octanol–water partition coefficient (Wildman–Crippen LogP) is 4.92. The number of carbonyl (C=O) groups is 3. The topological polar surface area (TPSA) is 135 Å². The first-order valence-corrected chi connectivity index (χ1v) is 12.9. The second kappa shape index (κ2) is 13.0. The Balaban J connectivity index is 2.29. The highest BCUT2D eigenvalue weighted by Gasteiger charge is 2.38. The number of ether oxygens (including phenoxy) is 1. The number of hydrogen-bond donors (Lipinski definition) is 5. The lowest BCUT2D eigenvalue weighted by atomic mass is 9.86. The Morgan fingerprint density at radius 1 is 1.00 bits per heavy atom. The molecule has 0 heterocycles. The number of esters is 1. The van der Waals surface area contributed by atoms with E-state index in [1.165, 1.54) is 19.2 Å². The zero-order valence-corrected chi connectivity index (χ0v) is 23.2. The molecule has 2 aromatic carbocycles. The van der Waals surface area contributed by atoms with Gasteiger partial charge in [0.2, 0.25) is 0 Å². The highest BCUT2D eigenvalue weighted by molar-refractivity contribution is 7.98. The van der Waals surface area contributed by atoms with Crippen molar-refractivity contribution < 1.29 is 32.3 Å². The van der Waals surface area contributed by atoms with Crippen molar-refractivity contribution in [1.82, 2.24) is 20.7 Å². The lowest BCUT2D eigenvalue weighted by molar-refractivity contribution is -0.155. The third kappa shape index (κ3) is 8.70. The maximum atomic E-state index is 13.5. The molecule has 2 rings (SSSR count). The number of para-hydroxylation sites is 1. The molecular weight excluding hydrogens is 535 g/mol. The molecule has 6 N–H and O–H groups in total. The number of nitrogens with one attached hydrogen (secondary N) is 4. The second-order valence-electron chi connectivity index (χ2n) is 9.76. The molecule has 0 saturated carbocycles. The van der Waals surface area contributed by atoms with Crippen LogP contribution in [0.4, 0.5) is 28.4 Å². The van der Waals surface area contributed by atoms with Gasteiger partial charge in [-0.15, -0.1) is 0 Å². The summed E-state index contributed by atoms with van der Waals surface area (Å²) in [4.78, 5) is 37.5. The summed E-state index contributed by atoms with van der Waals surface area (Å²) in [7, 11) is 1.48. The van der Waals surface area contributed by atoms with Crippen LogP contribution in [0.25, 0.3) is 0 Å². The molecule has 0 saturated heterocycles. The smallest absolute Gasteiger partial charge is 0.416 e. The first-order valence-electron chi connectivity index (χ1n) is 12.1. The number of amides is 4. The molecule has 4 amide bonds. The molecule has 0 aliphatic carbocycles. The Bertz CT molecular complexity index is 1190. The zero-order valence-electron chi connectivity index (χ0n) is 22.4. The van der Waals surface area contributed by atoms with Crippen LogP contribution >= 0.6 is 11.9 Å². The number of halogens is 3. The van der Waals surface area contributed by atoms with Crippen LogP contribution in [-0.2, 0) is 27.8 Å². The maximum absolute atomic E-state index is 13.5. The van der Waals surface area contributed by atoms with Crippen LogP contribution in [0, 0.1) is 5.41 Å². The summed E-state index contributed by atoms with van der Waals surface area (Å²) in [6.45, 7) is 6.37. The van der Waals surface area contributed by atoms with Gasteiger partial charge in [-0.25, -0.2) is 9.59 Å². The third-order valence-corrected chi connectivity index (χ3v) is 6.70. The first-order chi connectivity index (χ1) is 18.1. The lowest BCUT2D eigenvalue weighted by Crippen LogP contribution is -2.52. The van der Waals surface area contributed by atoms with Crippen LogP contribution in [-0.4, -0.2) is 31.7 Å². The largest absolute Gasteiger partial charge is 0.462 e. The van der Waals surface area contributed by atoms with Crippen molar-refractivity contribution in [2.45, 2.75) is 57.3 Å². The van der Waals surface area contributed by atoms with Crippen molar-refractivity contribution in [3.8, 4) is 0 Å². The minimum absolute atomic E-state index is 0.118. The SMILES string of the molecule is CCC(COC(=O)C(C)(C)C)(NC(=O)NSc1cccc(CNC(=O)NC)c1N)c1cccc(C(F)(F)F)c1. The van der Waals surface area contributed by atoms with E-state index in [0.29, 0.717) is 16.1 Å². The van der Waals surface area contributed by atoms with Crippen molar-refractivity contribution >= 4 is 35.7 Å². The van der Waals surface area contributed by atoms with Crippen molar-refractivity contribution in [1.29, 1.82) is 0 Å². The number of hydrogen-bond acceptors (Lipinski definition) is 6. The van der Waals surface area contributed by atoms with Gasteiger partial charge < -0.3 is 26.4 Å². The Morgan fingerprint density at radius 2 is 1.64 bits per heavy atom. The molecule has 0 aliphatic rings. The van der Waals surface area contributed by atoms with E-state index in [4.69, 9.17) is 10.5 Å². The highest BCUT2D eigenvalue weighted by Crippen LogP contribution is 2.34. The average molecular weight is 570 g/mol. The van der Waals surface area contributed by atoms with E-state index in [1.807, 2.05) is 0 Å². The van der Waals surface area contributed by atoms with E-state index >= 15 is 0 Å². The number of rotatable bonds is 9. The number of carbonyl (C=O) groups excluding carboxylic acids is 3. The predicted molar refractivity (Wildman–Crippen MR) is 144 cm³/mol. The van der Waals surface area contributed by atoms with E-state index in [2.05, 4.69) is 20.7 Å². The molecule has 214 valence electrons. The van der Waals surface area contributed by atoms with Gasteiger partial charge in [0.15, 0.2) is 0 Å². The fraction of sp³-hybridized carbons (Fsp3) is 0.423. The lowest BCUT2D eigenvalue weighted by Gasteiger charge is -2.35. The summed E-state index contributed by atoms with van der Waals surface area (Å²) in [5, 5.41) is 7.77. The molecule has 1 atom stereocenters. The van der Waals surface area contributed by atoms with E-state index in [-0.39, 0.29) is 31.2 Å². The van der Waals surface area contributed by atoms with Gasteiger partial charge in [-0.2, -0.15) is 13.2 Å². The number of nitrogen functional groups attached to an aromatic ring is 1. The Hall–Kier alpha value is -3.61. The minimum Gasteiger partial charge on any atom is -0.462 e. The fourth-order valence-electron chi connectivity index (χ4n) is 3.43. The normalized spacial score (nSPS) is 13.1. The molecule has 0 radical (unpaired) electrons. The molecular formula is C26H34F3N5O4S. The van der Waals surface area contributed by atoms with Gasteiger partial charge in [-0.05, 0) is 68.5 Å². The van der Waals surface area contributed by atoms with Gasteiger partial charge in [0.1, 0.15) is 12.1 Å².